The number of amides is 1. The maximum absolute atomic E-state index is 12.2. The monoisotopic (exact) mass is 445 g/mol. The number of para-hydroxylation sites is 2. The number of fused-ring (bicyclic) bond motifs is 1. The number of aromatic nitrogens is 2. The summed E-state index contributed by atoms with van der Waals surface area (Å²) >= 11 is 5.86. The van der Waals surface area contributed by atoms with Crippen LogP contribution in [-0.4, -0.2) is 28.6 Å². The molecular weight excluding hydrogens is 422 g/mol. The number of carbonyl (C=O) groups excluding carboxylic acids is 1. The van der Waals surface area contributed by atoms with Gasteiger partial charge in [0.2, 0.25) is 0 Å². The van der Waals surface area contributed by atoms with Crippen molar-refractivity contribution in [1.82, 2.24) is 14.9 Å². The van der Waals surface area contributed by atoms with Crippen LogP contribution >= 0.6 is 11.6 Å². The molecule has 162 valence electrons. The number of imidazole rings is 1. The van der Waals surface area contributed by atoms with Crippen LogP contribution in [0.1, 0.15) is 11.4 Å². The summed E-state index contributed by atoms with van der Waals surface area (Å²) in [5.74, 6) is 1.37. The SMILES string of the molecule is O=C(COc1ccc(Cl)cc1)NCCc1nc2ccccc2n1C/C=C/c1ccccc1. The van der Waals surface area contributed by atoms with Crippen LogP contribution in [-0.2, 0) is 17.8 Å². The zero-order valence-electron chi connectivity index (χ0n) is 17.6. The Morgan fingerprint density at radius 3 is 2.56 bits per heavy atom. The maximum Gasteiger partial charge on any atom is 0.257 e. The topological polar surface area (TPSA) is 56.1 Å². The third-order valence-corrected chi connectivity index (χ3v) is 5.24. The van der Waals surface area contributed by atoms with Crippen LogP contribution in [0.3, 0.4) is 0 Å². The quantitative estimate of drug-likeness (QED) is 0.388. The van der Waals surface area contributed by atoms with E-state index >= 15 is 0 Å². The molecule has 1 heterocycles. The largest absolute Gasteiger partial charge is 0.484 e. The second kappa shape index (κ2) is 10.6. The van der Waals surface area contributed by atoms with Crippen LogP contribution in [0.2, 0.25) is 5.02 Å². The molecule has 0 aliphatic rings. The van der Waals surface area contributed by atoms with Gasteiger partial charge in [-0.3, -0.25) is 4.79 Å². The minimum atomic E-state index is -0.174. The smallest absolute Gasteiger partial charge is 0.257 e. The van der Waals surface area contributed by atoms with Gasteiger partial charge in [0.1, 0.15) is 11.6 Å². The zero-order valence-corrected chi connectivity index (χ0v) is 18.3. The second-order valence-electron chi connectivity index (χ2n) is 7.28. The van der Waals surface area contributed by atoms with E-state index in [9.17, 15) is 4.79 Å². The normalized spacial score (nSPS) is 11.2. The van der Waals surface area contributed by atoms with Crippen LogP contribution in [0, 0.1) is 0 Å². The van der Waals surface area contributed by atoms with Crippen molar-refractivity contribution in [2.45, 2.75) is 13.0 Å². The van der Waals surface area contributed by atoms with Gasteiger partial charge in [-0.2, -0.15) is 0 Å². The minimum absolute atomic E-state index is 0.0438. The van der Waals surface area contributed by atoms with Crippen molar-refractivity contribution < 1.29 is 9.53 Å². The van der Waals surface area contributed by atoms with E-state index < -0.39 is 0 Å². The molecule has 0 aliphatic carbocycles. The van der Waals surface area contributed by atoms with Crippen LogP contribution in [0.4, 0.5) is 0 Å². The number of hydrogen-bond acceptors (Lipinski definition) is 3. The van der Waals surface area contributed by atoms with Crippen LogP contribution < -0.4 is 10.1 Å². The van der Waals surface area contributed by atoms with Crippen molar-refractivity contribution in [2.24, 2.45) is 0 Å². The molecule has 1 amide bonds. The molecule has 1 N–H and O–H groups in total. The van der Waals surface area contributed by atoms with Gasteiger partial charge >= 0.3 is 0 Å². The van der Waals surface area contributed by atoms with Gasteiger partial charge < -0.3 is 14.6 Å². The van der Waals surface area contributed by atoms with E-state index in [1.54, 1.807) is 24.3 Å². The Labute approximate surface area is 192 Å². The Balaban J connectivity index is 1.35. The molecule has 0 radical (unpaired) electrons. The highest BCUT2D eigenvalue weighted by Crippen LogP contribution is 2.17. The Kier molecular flexibility index (Phi) is 7.20. The molecule has 0 bridgehead atoms. The van der Waals surface area contributed by atoms with Gasteiger partial charge in [-0.15, -0.1) is 0 Å². The molecule has 32 heavy (non-hydrogen) atoms. The fraction of sp³-hybridized carbons (Fsp3) is 0.154. The Hall–Kier alpha value is -3.57. The lowest BCUT2D eigenvalue weighted by molar-refractivity contribution is -0.123. The molecule has 0 fully saturated rings. The molecule has 1 aromatic heterocycles. The first-order valence-corrected chi connectivity index (χ1v) is 10.9. The average molecular weight is 446 g/mol. The number of carbonyl (C=O) groups is 1. The number of ether oxygens (including phenoxy) is 1. The molecule has 3 aromatic carbocycles. The molecule has 0 spiro atoms. The molecule has 0 saturated carbocycles. The van der Waals surface area contributed by atoms with E-state index in [1.807, 2.05) is 36.4 Å². The molecule has 0 unspecified atom stereocenters. The van der Waals surface area contributed by atoms with E-state index in [0.717, 1.165) is 22.4 Å². The summed E-state index contributed by atoms with van der Waals surface area (Å²) in [6.07, 6.45) is 4.86. The molecule has 4 aromatic rings. The van der Waals surface area contributed by atoms with Gasteiger partial charge in [0.25, 0.3) is 5.91 Å². The second-order valence-corrected chi connectivity index (χ2v) is 7.72. The first-order chi connectivity index (χ1) is 15.7. The number of nitrogens with zero attached hydrogens (tertiary/aromatic N) is 2. The summed E-state index contributed by atoms with van der Waals surface area (Å²) in [4.78, 5) is 16.9. The fourth-order valence-corrected chi connectivity index (χ4v) is 3.55. The van der Waals surface area contributed by atoms with Gasteiger partial charge in [-0.05, 0) is 42.0 Å². The van der Waals surface area contributed by atoms with Crippen molar-refractivity contribution in [3.8, 4) is 5.75 Å². The predicted molar refractivity (Wildman–Crippen MR) is 129 cm³/mol. The lowest BCUT2D eigenvalue weighted by atomic mass is 10.2. The maximum atomic E-state index is 12.2. The number of rotatable bonds is 9. The molecule has 0 saturated heterocycles. The minimum Gasteiger partial charge on any atom is -0.484 e. The van der Waals surface area contributed by atoms with Gasteiger partial charge in [-0.1, -0.05) is 66.2 Å². The number of hydrogen-bond donors (Lipinski definition) is 1. The van der Waals surface area contributed by atoms with Gasteiger partial charge in [-0.25, -0.2) is 4.98 Å². The highest BCUT2D eigenvalue weighted by molar-refractivity contribution is 6.30. The van der Waals surface area contributed by atoms with E-state index in [-0.39, 0.29) is 12.5 Å². The summed E-state index contributed by atoms with van der Waals surface area (Å²) in [5.41, 5.74) is 3.19. The van der Waals surface area contributed by atoms with Crippen molar-refractivity contribution >= 4 is 34.6 Å². The van der Waals surface area contributed by atoms with Gasteiger partial charge in [0.05, 0.1) is 11.0 Å². The lowest BCUT2D eigenvalue weighted by Gasteiger charge is -2.09. The lowest BCUT2D eigenvalue weighted by Crippen LogP contribution is -2.31. The van der Waals surface area contributed by atoms with E-state index in [1.165, 1.54) is 0 Å². The number of allylic oxidation sites excluding steroid dienone is 1. The summed E-state index contributed by atoms with van der Waals surface area (Å²) < 4.78 is 7.68. The molecule has 4 rings (SSSR count). The molecule has 6 heteroatoms. The van der Waals surface area contributed by atoms with Gasteiger partial charge in [0, 0.05) is 24.5 Å². The van der Waals surface area contributed by atoms with Gasteiger partial charge in [0.15, 0.2) is 6.61 Å². The zero-order chi connectivity index (χ0) is 22.2. The van der Waals surface area contributed by atoms with Crippen molar-refractivity contribution in [3.63, 3.8) is 0 Å². The van der Waals surface area contributed by atoms with Crippen LogP contribution in [0.25, 0.3) is 17.1 Å². The summed E-state index contributed by atoms with van der Waals surface area (Å²) in [7, 11) is 0. The highest BCUT2D eigenvalue weighted by Gasteiger charge is 2.10. The summed E-state index contributed by atoms with van der Waals surface area (Å²) in [6, 6.07) is 25.2. The Morgan fingerprint density at radius 2 is 1.75 bits per heavy atom. The first kappa shape index (κ1) is 21.7. The standard InChI is InChI=1S/C26H24ClN3O2/c27-21-12-14-22(15-13-21)32-19-26(31)28-17-16-25-29-23-10-4-5-11-24(23)30(25)18-6-9-20-7-2-1-3-8-20/h1-15H,16-19H2,(H,28,31)/b9-6+. The average Bonchev–Trinajstić information content (AvgIpc) is 3.17. The number of benzene rings is 3. The summed E-state index contributed by atoms with van der Waals surface area (Å²) in [6.45, 7) is 1.14. The third-order valence-electron chi connectivity index (χ3n) is 4.99. The van der Waals surface area contributed by atoms with Crippen molar-refractivity contribution in [1.29, 1.82) is 0 Å². The molecular formula is C26H24ClN3O2. The molecule has 0 atom stereocenters. The molecule has 5 nitrogen and oxygen atoms in total. The number of nitrogens with one attached hydrogen (secondary N) is 1. The van der Waals surface area contributed by atoms with E-state index in [2.05, 4.69) is 40.2 Å². The molecule has 0 aliphatic heterocycles. The third kappa shape index (κ3) is 5.77. The predicted octanol–water partition coefficient (Wildman–Crippen LogP) is 5.14. The Morgan fingerprint density at radius 1 is 1.00 bits per heavy atom. The van der Waals surface area contributed by atoms with Crippen LogP contribution in [0.15, 0.2) is 84.9 Å². The fourth-order valence-electron chi connectivity index (χ4n) is 3.42. The van der Waals surface area contributed by atoms with E-state index in [4.69, 9.17) is 21.3 Å². The van der Waals surface area contributed by atoms with Crippen molar-refractivity contribution in [3.05, 3.63) is 101 Å². The first-order valence-electron chi connectivity index (χ1n) is 10.5. The number of halogens is 1. The van der Waals surface area contributed by atoms with Crippen LogP contribution in [0.5, 0.6) is 5.75 Å². The summed E-state index contributed by atoms with van der Waals surface area (Å²) in [5, 5.41) is 3.53. The van der Waals surface area contributed by atoms with Crippen molar-refractivity contribution in [2.75, 3.05) is 13.2 Å². The highest BCUT2D eigenvalue weighted by atomic mass is 35.5. The Bertz CT molecular complexity index is 1200. The van der Waals surface area contributed by atoms with E-state index in [0.29, 0.717) is 30.3 Å².